The molecule has 192 valence electrons. The van der Waals surface area contributed by atoms with Crippen LogP contribution in [-0.2, 0) is 28.4 Å². The first-order valence-electron chi connectivity index (χ1n) is 12.3. The number of carbonyl (C=O) groups is 3. The van der Waals surface area contributed by atoms with Gasteiger partial charge < -0.3 is 4.90 Å². The molecule has 0 saturated carbocycles. The van der Waals surface area contributed by atoms with Crippen molar-refractivity contribution in [3.05, 3.63) is 64.7 Å². The minimum absolute atomic E-state index is 0.0794. The van der Waals surface area contributed by atoms with E-state index in [4.69, 9.17) is 0 Å². The van der Waals surface area contributed by atoms with Gasteiger partial charge in [0.05, 0.1) is 0 Å². The molecule has 0 aliphatic carbocycles. The number of benzene rings is 2. The fraction of sp³-hybridized carbons (Fsp3) is 0.444. The van der Waals surface area contributed by atoms with E-state index in [0.29, 0.717) is 56.7 Å². The van der Waals surface area contributed by atoms with Gasteiger partial charge in [0.15, 0.2) is 0 Å². The molecule has 2 aliphatic heterocycles. The maximum absolute atomic E-state index is 13.4. The van der Waals surface area contributed by atoms with Crippen LogP contribution in [0.3, 0.4) is 0 Å². The molecule has 2 heterocycles. The van der Waals surface area contributed by atoms with Gasteiger partial charge >= 0.3 is 0 Å². The maximum atomic E-state index is 13.4. The molecule has 1 unspecified atom stereocenters. The fourth-order valence-corrected chi connectivity index (χ4v) is 5.81. The van der Waals surface area contributed by atoms with Crippen molar-refractivity contribution in [1.29, 1.82) is 0 Å². The first kappa shape index (κ1) is 26.3. The monoisotopic (exact) mass is 515 g/mol. The molecule has 4 rings (SSSR count). The number of carbonyl (C=O) groups excluding carboxylic acids is 3. The summed E-state index contributed by atoms with van der Waals surface area (Å²) >= 11 is 1.64. The number of piperidine rings is 1. The highest BCUT2D eigenvalue weighted by atomic mass is 32.2. The highest BCUT2D eigenvalue weighted by Crippen LogP contribution is 2.35. The molecule has 3 amide bonds. The molecular formula is C27H31F2N3O3S. The largest absolute Gasteiger partial charge is 0.322 e. The first-order chi connectivity index (χ1) is 17.3. The van der Waals surface area contributed by atoms with E-state index in [2.05, 4.69) is 22.3 Å². The quantitative estimate of drug-likeness (QED) is 0.370. The Hall–Kier alpha value is -2.78. The number of nitrogens with one attached hydrogen (secondary N) is 1. The molecule has 0 aromatic heterocycles. The van der Waals surface area contributed by atoms with Crippen LogP contribution in [0.15, 0.2) is 47.4 Å². The van der Waals surface area contributed by atoms with Gasteiger partial charge in [0.25, 0.3) is 11.8 Å². The van der Waals surface area contributed by atoms with Crippen LogP contribution in [0.4, 0.5) is 8.78 Å². The number of rotatable bonds is 10. The Morgan fingerprint density at radius 3 is 2.50 bits per heavy atom. The summed E-state index contributed by atoms with van der Waals surface area (Å²) in [4.78, 5) is 40.9. The van der Waals surface area contributed by atoms with Crippen LogP contribution in [0, 0.1) is 0 Å². The van der Waals surface area contributed by atoms with Crippen molar-refractivity contribution in [3.63, 3.8) is 0 Å². The van der Waals surface area contributed by atoms with E-state index in [0.717, 1.165) is 21.6 Å². The summed E-state index contributed by atoms with van der Waals surface area (Å²) in [6.07, 6.45) is 1.39. The molecular weight excluding hydrogens is 484 g/mol. The second kappa shape index (κ2) is 11.5. The molecule has 6 nitrogen and oxygen atoms in total. The van der Waals surface area contributed by atoms with Gasteiger partial charge in [0.2, 0.25) is 12.3 Å². The van der Waals surface area contributed by atoms with Crippen molar-refractivity contribution in [1.82, 2.24) is 15.1 Å². The zero-order chi connectivity index (χ0) is 25.7. The van der Waals surface area contributed by atoms with Crippen molar-refractivity contribution in [2.45, 2.75) is 68.3 Å². The van der Waals surface area contributed by atoms with Crippen molar-refractivity contribution in [2.75, 3.05) is 13.1 Å². The summed E-state index contributed by atoms with van der Waals surface area (Å²) in [5, 5.41) is 2.19. The number of fused-ring (bicyclic) bond motifs is 1. The Kier molecular flexibility index (Phi) is 8.41. The van der Waals surface area contributed by atoms with E-state index in [1.165, 1.54) is 0 Å². The van der Waals surface area contributed by atoms with Gasteiger partial charge in [-0.25, -0.2) is 8.78 Å². The molecule has 1 saturated heterocycles. The molecule has 0 radical (unpaired) electrons. The van der Waals surface area contributed by atoms with Crippen molar-refractivity contribution < 1.29 is 23.2 Å². The van der Waals surface area contributed by atoms with Gasteiger partial charge in [0, 0.05) is 55.2 Å². The van der Waals surface area contributed by atoms with Crippen LogP contribution < -0.4 is 5.32 Å². The zero-order valence-electron chi connectivity index (χ0n) is 20.3. The normalized spacial score (nSPS) is 18.1. The van der Waals surface area contributed by atoms with E-state index >= 15 is 0 Å². The van der Waals surface area contributed by atoms with E-state index < -0.39 is 17.9 Å². The van der Waals surface area contributed by atoms with Gasteiger partial charge in [-0.2, -0.15) is 0 Å². The van der Waals surface area contributed by atoms with Crippen LogP contribution in [0.2, 0.25) is 0 Å². The summed E-state index contributed by atoms with van der Waals surface area (Å²) in [6, 6.07) is 13.2. The maximum Gasteiger partial charge on any atom is 0.255 e. The molecule has 2 aromatic rings. The third-order valence-corrected chi connectivity index (χ3v) is 7.98. The Labute approximate surface area is 214 Å². The van der Waals surface area contributed by atoms with Crippen LogP contribution in [0.25, 0.3) is 0 Å². The lowest BCUT2D eigenvalue weighted by atomic mass is 10.1. The van der Waals surface area contributed by atoms with Crippen LogP contribution in [0.1, 0.15) is 59.7 Å². The summed E-state index contributed by atoms with van der Waals surface area (Å²) in [5.74, 6) is -2.46. The molecule has 0 bridgehead atoms. The smallest absolute Gasteiger partial charge is 0.255 e. The standard InChI is InChI=1S/C27H31F2N3O3S/c1-2-4-23(25(34)30-18-33)32-16-22-21(26(32)35)5-3-6-24(22)36-17-20-9-7-19(8-10-20)15-31-13-11-27(28,29)12-14-31/h3,5-10,18,23H,2,4,11-17H2,1H3,(H,30,33,34). The molecule has 0 spiro atoms. The summed E-state index contributed by atoms with van der Waals surface area (Å²) in [5.41, 5.74) is 3.74. The molecule has 36 heavy (non-hydrogen) atoms. The van der Waals surface area contributed by atoms with E-state index in [9.17, 15) is 23.2 Å². The Morgan fingerprint density at radius 2 is 1.83 bits per heavy atom. The Morgan fingerprint density at radius 1 is 1.14 bits per heavy atom. The molecule has 1 atom stereocenters. The summed E-state index contributed by atoms with van der Waals surface area (Å²) in [7, 11) is 0. The molecule has 9 heteroatoms. The third-order valence-electron chi connectivity index (χ3n) is 6.81. The predicted octanol–water partition coefficient (Wildman–Crippen LogP) is 4.61. The van der Waals surface area contributed by atoms with E-state index in [-0.39, 0.29) is 18.7 Å². The summed E-state index contributed by atoms with van der Waals surface area (Å²) in [6.45, 7) is 3.77. The minimum atomic E-state index is -2.53. The lowest BCUT2D eigenvalue weighted by molar-refractivity contribution is -0.129. The number of hydrogen-bond donors (Lipinski definition) is 1. The number of halogens is 2. The number of nitrogens with zero attached hydrogens (tertiary/aromatic N) is 2. The van der Waals surface area contributed by atoms with Gasteiger partial charge in [0.1, 0.15) is 6.04 Å². The summed E-state index contributed by atoms with van der Waals surface area (Å²) < 4.78 is 26.8. The van der Waals surface area contributed by atoms with Crippen LogP contribution in [0.5, 0.6) is 0 Å². The van der Waals surface area contributed by atoms with E-state index in [1.807, 2.05) is 31.2 Å². The highest BCUT2D eigenvalue weighted by Gasteiger charge is 2.37. The van der Waals surface area contributed by atoms with Crippen LogP contribution >= 0.6 is 11.8 Å². The number of likely N-dealkylation sites (tertiary alicyclic amines) is 1. The molecule has 1 N–H and O–H groups in total. The number of alkyl halides is 2. The average molecular weight is 516 g/mol. The lowest BCUT2D eigenvalue weighted by Gasteiger charge is -2.31. The van der Waals surface area contributed by atoms with Crippen molar-refractivity contribution >= 4 is 30.0 Å². The number of imide groups is 1. The van der Waals surface area contributed by atoms with Gasteiger partial charge in [-0.3, -0.25) is 24.6 Å². The molecule has 2 aromatic carbocycles. The third kappa shape index (κ3) is 6.13. The van der Waals surface area contributed by atoms with Crippen molar-refractivity contribution in [3.8, 4) is 0 Å². The number of hydrogen-bond acceptors (Lipinski definition) is 5. The van der Waals surface area contributed by atoms with Gasteiger partial charge in [-0.05, 0) is 35.2 Å². The van der Waals surface area contributed by atoms with Crippen LogP contribution in [-0.4, -0.2) is 53.1 Å². The highest BCUT2D eigenvalue weighted by molar-refractivity contribution is 7.98. The molecule has 2 aliphatic rings. The SMILES string of the molecule is CCCC(C(=O)NC=O)N1Cc2c(SCc3ccc(CN4CCC(F)(F)CC4)cc3)cccc2C1=O. The predicted molar refractivity (Wildman–Crippen MR) is 135 cm³/mol. The second-order valence-electron chi connectivity index (χ2n) is 9.38. The Balaban J connectivity index is 1.38. The zero-order valence-corrected chi connectivity index (χ0v) is 21.2. The Bertz CT molecular complexity index is 1100. The minimum Gasteiger partial charge on any atom is -0.322 e. The number of thioether (sulfide) groups is 1. The van der Waals surface area contributed by atoms with Gasteiger partial charge in [-0.1, -0.05) is 43.7 Å². The first-order valence-corrected chi connectivity index (χ1v) is 13.3. The van der Waals surface area contributed by atoms with Crippen molar-refractivity contribution in [2.24, 2.45) is 0 Å². The number of amides is 3. The molecule has 1 fully saturated rings. The lowest BCUT2D eigenvalue weighted by Crippen LogP contribution is -2.46. The van der Waals surface area contributed by atoms with E-state index in [1.54, 1.807) is 22.7 Å². The average Bonchev–Trinajstić information content (AvgIpc) is 3.20. The second-order valence-corrected chi connectivity index (χ2v) is 10.4. The fourth-order valence-electron chi connectivity index (χ4n) is 4.77. The topological polar surface area (TPSA) is 69.7 Å². The van der Waals surface area contributed by atoms with Gasteiger partial charge in [-0.15, -0.1) is 11.8 Å².